The molecule has 0 saturated carbocycles. The van der Waals surface area contributed by atoms with Crippen molar-refractivity contribution in [2.45, 2.75) is 13.3 Å². The van der Waals surface area contributed by atoms with Crippen LogP contribution in [0.15, 0.2) is 42.5 Å². The summed E-state index contributed by atoms with van der Waals surface area (Å²) in [5, 5.41) is 2.67. The second kappa shape index (κ2) is 9.62. The Bertz CT molecular complexity index is 805. The molecule has 0 bridgehead atoms. The Hall–Kier alpha value is -3.02. The van der Waals surface area contributed by atoms with Crippen molar-refractivity contribution in [1.29, 1.82) is 0 Å². The quantitative estimate of drug-likeness (QED) is 0.775. The number of hydrogen-bond donors (Lipinski definition) is 1. The van der Waals surface area contributed by atoms with Gasteiger partial charge in [0.25, 0.3) is 5.91 Å². The van der Waals surface area contributed by atoms with E-state index in [2.05, 4.69) is 5.32 Å². The number of carbonyl (C=O) groups excluding carboxylic acids is 2. The van der Waals surface area contributed by atoms with Crippen LogP contribution in [0.5, 0.6) is 11.5 Å². The van der Waals surface area contributed by atoms with Gasteiger partial charge in [-0.15, -0.1) is 0 Å². The van der Waals surface area contributed by atoms with Gasteiger partial charge in [0, 0.05) is 19.2 Å². The molecule has 0 aliphatic carbocycles. The summed E-state index contributed by atoms with van der Waals surface area (Å²) in [6.07, 6.45) is 0.675. The van der Waals surface area contributed by atoms with Gasteiger partial charge in [0.1, 0.15) is 0 Å². The van der Waals surface area contributed by atoms with Crippen LogP contribution in [0.25, 0.3) is 0 Å². The van der Waals surface area contributed by atoms with E-state index in [9.17, 15) is 9.59 Å². The summed E-state index contributed by atoms with van der Waals surface area (Å²) in [6, 6.07) is 13.0. The zero-order chi connectivity index (χ0) is 19.8. The van der Waals surface area contributed by atoms with Gasteiger partial charge in [-0.2, -0.15) is 0 Å². The van der Waals surface area contributed by atoms with E-state index in [0.29, 0.717) is 30.0 Å². The number of likely N-dealkylation sites (N-methyl/N-ethyl adjacent to an activating group) is 1. The average molecular weight is 370 g/mol. The minimum atomic E-state index is -0.250. The van der Waals surface area contributed by atoms with Crippen LogP contribution in [-0.4, -0.2) is 51.1 Å². The Morgan fingerprint density at radius 1 is 1.04 bits per heavy atom. The number of amides is 2. The molecular weight excluding hydrogens is 344 g/mol. The first-order valence-electron chi connectivity index (χ1n) is 8.74. The number of aryl methyl sites for hydroxylation is 1. The van der Waals surface area contributed by atoms with Gasteiger partial charge in [-0.25, -0.2) is 0 Å². The van der Waals surface area contributed by atoms with Crippen LogP contribution < -0.4 is 14.8 Å². The summed E-state index contributed by atoms with van der Waals surface area (Å²) in [5.41, 5.74) is 2.59. The van der Waals surface area contributed by atoms with Crippen LogP contribution in [-0.2, 0) is 11.2 Å². The van der Waals surface area contributed by atoms with Crippen LogP contribution >= 0.6 is 0 Å². The van der Waals surface area contributed by atoms with Gasteiger partial charge in [-0.3, -0.25) is 9.59 Å². The fourth-order valence-electron chi connectivity index (χ4n) is 2.64. The molecule has 0 heterocycles. The molecule has 0 atom stereocenters. The minimum Gasteiger partial charge on any atom is -0.493 e. The number of carbonyl (C=O) groups is 2. The Kier molecular flexibility index (Phi) is 7.23. The molecule has 6 nitrogen and oxygen atoms in total. The van der Waals surface area contributed by atoms with Crippen molar-refractivity contribution in [2.24, 2.45) is 0 Å². The van der Waals surface area contributed by atoms with Crippen LogP contribution in [0.1, 0.15) is 21.5 Å². The van der Waals surface area contributed by atoms with E-state index in [-0.39, 0.29) is 18.4 Å². The largest absolute Gasteiger partial charge is 0.493 e. The maximum absolute atomic E-state index is 12.3. The molecule has 0 aliphatic rings. The van der Waals surface area contributed by atoms with Gasteiger partial charge < -0.3 is 19.7 Å². The fourth-order valence-corrected chi connectivity index (χ4v) is 2.64. The Morgan fingerprint density at radius 3 is 2.44 bits per heavy atom. The predicted molar refractivity (Wildman–Crippen MR) is 104 cm³/mol. The van der Waals surface area contributed by atoms with Gasteiger partial charge in [0.2, 0.25) is 5.91 Å². The number of ether oxygens (including phenoxy) is 2. The first-order valence-corrected chi connectivity index (χ1v) is 8.74. The van der Waals surface area contributed by atoms with Crippen LogP contribution in [0.4, 0.5) is 0 Å². The molecule has 27 heavy (non-hydrogen) atoms. The zero-order valence-electron chi connectivity index (χ0n) is 16.2. The lowest BCUT2D eigenvalue weighted by atomic mass is 10.1. The number of benzene rings is 2. The number of nitrogens with zero attached hydrogens (tertiary/aromatic N) is 1. The average Bonchev–Trinajstić information content (AvgIpc) is 2.69. The molecule has 2 rings (SSSR count). The van der Waals surface area contributed by atoms with E-state index < -0.39 is 0 Å². The monoisotopic (exact) mass is 370 g/mol. The highest BCUT2D eigenvalue weighted by atomic mass is 16.5. The summed E-state index contributed by atoms with van der Waals surface area (Å²) in [5.74, 6) is 0.941. The maximum atomic E-state index is 12.3. The van der Waals surface area contributed by atoms with E-state index in [4.69, 9.17) is 9.47 Å². The van der Waals surface area contributed by atoms with E-state index in [0.717, 1.165) is 11.1 Å². The first-order chi connectivity index (χ1) is 12.9. The number of hydrogen-bond acceptors (Lipinski definition) is 4. The lowest BCUT2D eigenvalue weighted by Gasteiger charge is -2.18. The third kappa shape index (κ3) is 5.74. The van der Waals surface area contributed by atoms with Gasteiger partial charge in [-0.1, -0.05) is 23.8 Å². The molecule has 1 N–H and O–H groups in total. The van der Waals surface area contributed by atoms with Crippen molar-refractivity contribution in [2.75, 3.05) is 34.4 Å². The summed E-state index contributed by atoms with van der Waals surface area (Å²) in [6.45, 7) is 2.42. The summed E-state index contributed by atoms with van der Waals surface area (Å²) >= 11 is 0. The minimum absolute atomic E-state index is 0.0325. The van der Waals surface area contributed by atoms with Crippen molar-refractivity contribution in [1.82, 2.24) is 10.2 Å². The van der Waals surface area contributed by atoms with Crippen molar-refractivity contribution >= 4 is 11.8 Å². The number of methoxy groups -OCH3 is 2. The van der Waals surface area contributed by atoms with Crippen molar-refractivity contribution in [3.8, 4) is 11.5 Å². The SMILES string of the molecule is COc1ccc(CCN(C)C(=O)CNC(=O)c2cccc(C)c2)cc1OC. The standard InChI is InChI=1S/C21H26N2O4/c1-15-6-5-7-17(12-15)21(25)22-14-20(24)23(2)11-10-16-8-9-18(26-3)19(13-16)27-4/h5-9,12-13H,10-11,14H2,1-4H3,(H,22,25). The molecule has 2 aromatic rings. The predicted octanol–water partition coefficient (Wildman–Crippen LogP) is 2.44. The fraction of sp³-hybridized carbons (Fsp3) is 0.333. The summed E-state index contributed by atoms with van der Waals surface area (Å²) in [4.78, 5) is 26.0. The highest BCUT2D eigenvalue weighted by Gasteiger charge is 2.12. The Morgan fingerprint density at radius 2 is 1.78 bits per heavy atom. The van der Waals surface area contributed by atoms with Gasteiger partial charge >= 0.3 is 0 Å². The summed E-state index contributed by atoms with van der Waals surface area (Å²) in [7, 11) is 4.91. The first kappa shape index (κ1) is 20.3. The van der Waals surface area contributed by atoms with E-state index in [1.165, 1.54) is 0 Å². The van der Waals surface area contributed by atoms with Crippen LogP contribution in [0.2, 0.25) is 0 Å². The number of nitrogens with one attached hydrogen (secondary N) is 1. The molecule has 2 amide bonds. The van der Waals surface area contributed by atoms with E-state index in [1.54, 1.807) is 38.3 Å². The molecule has 0 saturated heterocycles. The van der Waals surface area contributed by atoms with E-state index in [1.807, 2.05) is 37.3 Å². The Labute approximate surface area is 160 Å². The molecule has 2 aromatic carbocycles. The smallest absolute Gasteiger partial charge is 0.251 e. The zero-order valence-corrected chi connectivity index (χ0v) is 16.2. The second-order valence-electron chi connectivity index (χ2n) is 6.31. The van der Waals surface area contributed by atoms with Crippen LogP contribution in [0.3, 0.4) is 0 Å². The normalized spacial score (nSPS) is 10.2. The van der Waals surface area contributed by atoms with E-state index >= 15 is 0 Å². The van der Waals surface area contributed by atoms with Gasteiger partial charge in [-0.05, 0) is 43.2 Å². The van der Waals surface area contributed by atoms with Crippen LogP contribution in [0, 0.1) is 6.92 Å². The highest BCUT2D eigenvalue weighted by Crippen LogP contribution is 2.27. The molecular formula is C21H26N2O4. The van der Waals surface area contributed by atoms with Gasteiger partial charge in [0.15, 0.2) is 11.5 Å². The lowest BCUT2D eigenvalue weighted by Crippen LogP contribution is -2.39. The second-order valence-corrected chi connectivity index (χ2v) is 6.31. The third-order valence-corrected chi connectivity index (χ3v) is 4.29. The molecule has 0 spiro atoms. The molecule has 0 unspecified atom stereocenters. The molecule has 144 valence electrons. The molecule has 6 heteroatoms. The summed E-state index contributed by atoms with van der Waals surface area (Å²) < 4.78 is 10.5. The molecule has 0 radical (unpaired) electrons. The third-order valence-electron chi connectivity index (χ3n) is 4.29. The molecule has 0 fully saturated rings. The van der Waals surface area contributed by atoms with Crippen molar-refractivity contribution < 1.29 is 19.1 Å². The maximum Gasteiger partial charge on any atom is 0.251 e. The molecule has 0 aromatic heterocycles. The van der Waals surface area contributed by atoms with Crippen molar-refractivity contribution in [3.63, 3.8) is 0 Å². The molecule has 0 aliphatic heterocycles. The highest BCUT2D eigenvalue weighted by molar-refractivity contribution is 5.96. The van der Waals surface area contributed by atoms with Gasteiger partial charge in [0.05, 0.1) is 20.8 Å². The lowest BCUT2D eigenvalue weighted by molar-refractivity contribution is -0.128. The Balaban J connectivity index is 1.84. The van der Waals surface area contributed by atoms with Crippen molar-refractivity contribution in [3.05, 3.63) is 59.2 Å². The number of rotatable bonds is 8. The topological polar surface area (TPSA) is 67.9 Å².